The van der Waals surface area contributed by atoms with Crippen molar-refractivity contribution in [3.8, 4) is 6.07 Å². The van der Waals surface area contributed by atoms with Crippen LogP contribution in [0.2, 0.25) is 0 Å². The number of benzene rings is 1. The molecular weight excluding hydrogens is 262 g/mol. The first kappa shape index (κ1) is 13.2. The van der Waals surface area contributed by atoms with Gasteiger partial charge in [0.15, 0.2) is 0 Å². The fourth-order valence-electron chi connectivity index (χ4n) is 2.53. The van der Waals surface area contributed by atoms with Gasteiger partial charge in [-0.15, -0.1) is 0 Å². The third kappa shape index (κ3) is 2.34. The molecule has 0 amide bonds. The lowest BCUT2D eigenvalue weighted by molar-refractivity contribution is 0.529. The Morgan fingerprint density at radius 3 is 2.81 bits per heavy atom. The van der Waals surface area contributed by atoms with E-state index < -0.39 is 0 Å². The van der Waals surface area contributed by atoms with Crippen LogP contribution in [0.15, 0.2) is 47.2 Å². The zero-order valence-electron chi connectivity index (χ0n) is 12.0. The van der Waals surface area contributed by atoms with Gasteiger partial charge in [-0.2, -0.15) is 5.26 Å². The van der Waals surface area contributed by atoms with Crippen LogP contribution in [0.25, 0.3) is 10.9 Å². The highest BCUT2D eigenvalue weighted by atomic mass is 16.3. The highest BCUT2D eigenvalue weighted by Crippen LogP contribution is 2.29. The molecule has 0 spiro atoms. The van der Waals surface area contributed by atoms with E-state index in [0.717, 1.165) is 27.9 Å². The Balaban J connectivity index is 2.10. The number of fused-ring (bicyclic) bond motifs is 1. The summed E-state index contributed by atoms with van der Waals surface area (Å²) in [5.74, 6) is 0.902. The Morgan fingerprint density at radius 1 is 1.29 bits per heavy atom. The second-order valence-corrected chi connectivity index (χ2v) is 5.01. The summed E-state index contributed by atoms with van der Waals surface area (Å²) in [6.45, 7) is 2.63. The number of para-hydroxylation sites is 1. The van der Waals surface area contributed by atoms with Gasteiger partial charge < -0.3 is 9.32 Å². The molecule has 0 saturated carbocycles. The van der Waals surface area contributed by atoms with Gasteiger partial charge in [-0.1, -0.05) is 18.2 Å². The molecule has 104 valence electrons. The predicted molar refractivity (Wildman–Crippen MR) is 82.0 cm³/mol. The second-order valence-electron chi connectivity index (χ2n) is 5.01. The number of hydrogen-bond acceptors (Lipinski definition) is 4. The van der Waals surface area contributed by atoms with Gasteiger partial charge in [-0.05, 0) is 19.1 Å². The van der Waals surface area contributed by atoms with Crippen molar-refractivity contribution in [1.29, 1.82) is 5.26 Å². The number of pyridine rings is 1. The van der Waals surface area contributed by atoms with E-state index in [2.05, 4.69) is 16.0 Å². The van der Waals surface area contributed by atoms with Gasteiger partial charge in [0, 0.05) is 30.7 Å². The molecule has 21 heavy (non-hydrogen) atoms. The number of anilines is 1. The highest BCUT2D eigenvalue weighted by molar-refractivity contribution is 5.94. The first-order chi connectivity index (χ1) is 10.2. The molecule has 4 heteroatoms. The van der Waals surface area contributed by atoms with E-state index in [1.807, 2.05) is 44.3 Å². The SMILES string of the molecule is Cc1occc1CN(C)c1c(C#N)cnc2ccccc12. The molecule has 0 radical (unpaired) electrons. The largest absolute Gasteiger partial charge is 0.469 e. The summed E-state index contributed by atoms with van der Waals surface area (Å²) in [5.41, 5.74) is 3.49. The summed E-state index contributed by atoms with van der Waals surface area (Å²) in [6, 6.07) is 12.1. The number of aromatic nitrogens is 1. The average Bonchev–Trinajstić information content (AvgIpc) is 2.91. The van der Waals surface area contributed by atoms with Crippen LogP contribution in [0, 0.1) is 18.3 Å². The molecule has 0 N–H and O–H groups in total. The van der Waals surface area contributed by atoms with Crippen molar-refractivity contribution in [2.24, 2.45) is 0 Å². The fraction of sp³-hybridized carbons (Fsp3) is 0.176. The molecule has 4 nitrogen and oxygen atoms in total. The van der Waals surface area contributed by atoms with Crippen molar-refractivity contribution in [2.45, 2.75) is 13.5 Å². The molecule has 0 atom stereocenters. The monoisotopic (exact) mass is 277 g/mol. The van der Waals surface area contributed by atoms with Crippen LogP contribution < -0.4 is 4.90 Å². The topological polar surface area (TPSA) is 53.1 Å². The predicted octanol–water partition coefficient (Wildman–Crippen LogP) is 3.64. The lowest BCUT2D eigenvalue weighted by Gasteiger charge is -2.22. The smallest absolute Gasteiger partial charge is 0.105 e. The summed E-state index contributed by atoms with van der Waals surface area (Å²) < 4.78 is 5.34. The zero-order chi connectivity index (χ0) is 14.8. The third-order valence-corrected chi connectivity index (χ3v) is 3.62. The summed E-state index contributed by atoms with van der Waals surface area (Å²) >= 11 is 0. The van der Waals surface area contributed by atoms with Crippen LogP contribution in [-0.2, 0) is 6.54 Å². The maximum atomic E-state index is 9.37. The van der Waals surface area contributed by atoms with E-state index in [9.17, 15) is 5.26 Å². The normalized spacial score (nSPS) is 10.5. The Morgan fingerprint density at radius 2 is 2.10 bits per heavy atom. The number of nitriles is 1. The maximum Gasteiger partial charge on any atom is 0.105 e. The zero-order valence-corrected chi connectivity index (χ0v) is 12.0. The van der Waals surface area contributed by atoms with Crippen LogP contribution in [0.3, 0.4) is 0 Å². The Labute approximate surface area is 123 Å². The van der Waals surface area contributed by atoms with Crippen LogP contribution in [0.1, 0.15) is 16.9 Å². The van der Waals surface area contributed by atoms with Crippen LogP contribution in [0.4, 0.5) is 5.69 Å². The van der Waals surface area contributed by atoms with Gasteiger partial charge >= 0.3 is 0 Å². The molecular formula is C17H15N3O. The van der Waals surface area contributed by atoms with E-state index in [4.69, 9.17) is 4.42 Å². The molecule has 0 aliphatic carbocycles. The number of furan rings is 1. The second kappa shape index (κ2) is 5.29. The maximum absolute atomic E-state index is 9.37. The molecule has 0 fully saturated rings. The number of aryl methyl sites for hydroxylation is 1. The van der Waals surface area contributed by atoms with Gasteiger partial charge in [0.25, 0.3) is 0 Å². The van der Waals surface area contributed by atoms with E-state index in [0.29, 0.717) is 12.1 Å². The lowest BCUT2D eigenvalue weighted by Crippen LogP contribution is -2.18. The number of rotatable bonds is 3. The molecule has 3 aromatic rings. The molecule has 0 bridgehead atoms. The quantitative estimate of drug-likeness (QED) is 0.733. The summed E-state index contributed by atoms with van der Waals surface area (Å²) in [7, 11) is 1.98. The molecule has 2 heterocycles. The van der Waals surface area contributed by atoms with Crippen LogP contribution in [0.5, 0.6) is 0 Å². The third-order valence-electron chi connectivity index (χ3n) is 3.62. The van der Waals surface area contributed by atoms with Gasteiger partial charge in [-0.25, -0.2) is 0 Å². The fourth-order valence-corrected chi connectivity index (χ4v) is 2.53. The molecule has 1 aromatic carbocycles. The summed E-state index contributed by atoms with van der Waals surface area (Å²) in [6.07, 6.45) is 3.32. The molecule has 2 aromatic heterocycles. The summed E-state index contributed by atoms with van der Waals surface area (Å²) in [4.78, 5) is 6.41. The Hall–Kier alpha value is -2.80. The van der Waals surface area contributed by atoms with Crippen molar-refractivity contribution < 1.29 is 4.42 Å². The molecule has 0 unspecified atom stereocenters. The number of nitrogens with zero attached hydrogens (tertiary/aromatic N) is 3. The molecule has 0 aliphatic rings. The van der Waals surface area contributed by atoms with Crippen LogP contribution in [-0.4, -0.2) is 12.0 Å². The molecule has 0 saturated heterocycles. The summed E-state index contributed by atoms with van der Waals surface area (Å²) in [5, 5.41) is 10.4. The minimum absolute atomic E-state index is 0.581. The number of hydrogen-bond donors (Lipinski definition) is 0. The van der Waals surface area contributed by atoms with Crippen molar-refractivity contribution in [3.05, 3.63) is 59.7 Å². The van der Waals surface area contributed by atoms with Gasteiger partial charge in [0.1, 0.15) is 11.8 Å². The van der Waals surface area contributed by atoms with Crippen molar-refractivity contribution >= 4 is 16.6 Å². The van der Waals surface area contributed by atoms with E-state index in [1.165, 1.54) is 0 Å². The van der Waals surface area contributed by atoms with Crippen molar-refractivity contribution in [2.75, 3.05) is 11.9 Å². The first-order valence-corrected chi connectivity index (χ1v) is 6.72. The lowest BCUT2D eigenvalue weighted by atomic mass is 10.1. The van der Waals surface area contributed by atoms with Gasteiger partial charge in [-0.3, -0.25) is 4.98 Å². The van der Waals surface area contributed by atoms with E-state index >= 15 is 0 Å². The Bertz CT molecular complexity index is 829. The van der Waals surface area contributed by atoms with Crippen LogP contribution >= 0.6 is 0 Å². The molecule has 3 rings (SSSR count). The minimum atomic E-state index is 0.581. The highest BCUT2D eigenvalue weighted by Gasteiger charge is 2.14. The first-order valence-electron chi connectivity index (χ1n) is 6.72. The average molecular weight is 277 g/mol. The standard InChI is InChI=1S/C17H15N3O/c1-12-13(7-8-21-12)11-20(2)17-14(9-18)10-19-16-6-4-3-5-15(16)17/h3-8,10H,11H2,1-2H3. The van der Waals surface area contributed by atoms with E-state index in [-0.39, 0.29) is 0 Å². The van der Waals surface area contributed by atoms with E-state index in [1.54, 1.807) is 12.5 Å². The minimum Gasteiger partial charge on any atom is -0.469 e. The molecule has 0 aliphatic heterocycles. The van der Waals surface area contributed by atoms with Gasteiger partial charge in [0.05, 0.1) is 23.0 Å². The Kier molecular flexibility index (Phi) is 3.33. The van der Waals surface area contributed by atoms with Gasteiger partial charge in [0.2, 0.25) is 0 Å². The van der Waals surface area contributed by atoms with Crippen molar-refractivity contribution in [1.82, 2.24) is 4.98 Å². The van der Waals surface area contributed by atoms with Crippen molar-refractivity contribution in [3.63, 3.8) is 0 Å².